The van der Waals surface area contributed by atoms with Crippen LogP contribution in [0.4, 0.5) is 0 Å². The molecule has 4 heteroatoms. The molecule has 3 unspecified atom stereocenters. The van der Waals surface area contributed by atoms with Crippen molar-refractivity contribution in [1.29, 1.82) is 0 Å². The van der Waals surface area contributed by atoms with Gasteiger partial charge in [-0.3, -0.25) is 9.59 Å². The molecule has 0 heterocycles. The summed E-state index contributed by atoms with van der Waals surface area (Å²) in [5, 5.41) is 9.50. The molecule has 0 spiro atoms. The Balaban J connectivity index is 2.34. The Bertz CT molecular complexity index is 500. The lowest BCUT2D eigenvalue weighted by Gasteiger charge is -2.29. The standard InChI is InChI=1S/C28H52O4/c1-22(2)16-11-9-7-5-6-8-10-12-18-24(19-15-17-23(3)4)32-28(31)26-21-14-13-20-25(26)27(29)30/h22-26H,5-21H2,1-4H3,(H,29,30). The molecule has 188 valence electrons. The van der Waals surface area contributed by atoms with Crippen LogP contribution in [0, 0.1) is 23.7 Å². The van der Waals surface area contributed by atoms with Crippen LogP contribution in [0.3, 0.4) is 0 Å². The Morgan fingerprint density at radius 3 is 1.66 bits per heavy atom. The van der Waals surface area contributed by atoms with E-state index in [1.165, 1.54) is 51.4 Å². The molecule has 0 amide bonds. The molecule has 1 rings (SSSR count). The van der Waals surface area contributed by atoms with E-state index in [2.05, 4.69) is 27.7 Å². The molecule has 0 radical (unpaired) electrons. The van der Waals surface area contributed by atoms with E-state index in [1.807, 2.05) is 0 Å². The average molecular weight is 453 g/mol. The second-order valence-electron chi connectivity index (χ2n) is 11.0. The highest BCUT2D eigenvalue weighted by atomic mass is 16.5. The number of carboxylic acid groups (broad SMARTS) is 1. The Labute approximate surface area is 198 Å². The molecule has 3 atom stereocenters. The fourth-order valence-corrected chi connectivity index (χ4v) is 4.96. The van der Waals surface area contributed by atoms with Crippen molar-refractivity contribution in [3.63, 3.8) is 0 Å². The second-order valence-corrected chi connectivity index (χ2v) is 11.0. The van der Waals surface area contributed by atoms with E-state index in [4.69, 9.17) is 4.74 Å². The summed E-state index contributed by atoms with van der Waals surface area (Å²) in [5.74, 6) is -0.634. The SMILES string of the molecule is CC(C)CCCCCCCCCCC(CCCC(C)C)OC(=O)C1CCCCC1C(=O)O. The molecule has 1 fully saturated rings. The fraction of sp³-hybridized carbons (Fsp3) is 0.929. The highest BCUT2D eigenvalue weighted by Crippen LogP contribution is 2.32. The predicted octanol–water partition coefficient (Wildman–Crippen LogP) is 8.17. The number of carbonyl (C=O) groups excluding carboxylic acids is 1. The maximum Gasteiger partial charge on any atom is 0.310 e. The number of carboxylic acids is 1. The lowest BCUT2D eigenvalue weighted by Crippen LogP contribution is -2.35. The van der Waals surface area contributed by atoms with Crippen LogP contribution in [0.5, 0.6) is 0 Å². The third-order valence-electron chi connectivity index (χ3n) is 7.03. The minimum atomic E-state index is -0.841. The summed E-state index contributed by atoms with van der Waals surface area (Å²) in [6.45, 7) is 9.05. The molecule has 32 heavy (non-hydrogen) atoms. The Kier molecular flexibility index (Phi) is 15.8. The third kappa shape index (κ3) is 13.5. The van der Waals surface area contributed by atoms with Gasteiger partial charge in [-0.2, -0.15) is 0 Å². The molecular weight excluding hydrogens is 400 g/mol. The Hall–Kier alpha value is -1.06. The summed E-state index contributed by atoms with van der Waals surface area (Å²) in [6, 6.07) is 0. The van der Waals surface area contributed by atoms with Gasteiger partial charge in [0, 0.05) is 0 Å². The van der Waals surface area contributed by atoms with Crippen molar-refractivity contribution in [3.8, 4) is 0 Å². The van der Waals surface area contributed by atoms with Gasteiger partial charge in [0.25, 0.3) is 0 Å². The van der Waals surface area contributed by atoms with Crippen molar-refractivity contribution in [2.24, 2.45) is 23.7 Å². The number of esters is 1. The van der Waals surface area contributed by atoms with E-state index in [0.717, 1.165) is 50.9 Å². The van der Waals surface area contributed by atoms with E-state index in [1.54, 1.807) is 0 Å². The zero-order valence-electron chi connectivity index (χ0n) is 21.6. The largest absolute Gasteiger partial charge is 0.481 e. The van der Waals surface area contributed by atoms with Gasteiger partial charge in [-0.1, -0.05) is 98.3 Å². The number of rotatable bonds is 18. The van der Waals surface area contributed by atoms with Gasteiger partial charge in [0.05, 0.1) is 11.8 Å². The molecule has 0 aliphatic heterocycles. The van der Waals surface area contributed by atoms with Gasteiger partial charge in [-0.25, -0.2) is 0 Å². The van der Waals surface area contributed by atoms with Gasteiger partial charge in [0.2, 0.25) is 0 Å². The number of unbranched alkanes of at least 4 members (excludes halogenated alkanes) is 7. The molecule has 1 aliphatic rings. The third-order valence-corrected chi connectivity index (χ3v) is 7.03. The van der Waals surface area contributed by atoms with Crippen LogP contribution >= 0.6 is 0 Å². The lowest BCUT2D eigenvalue weighted by molar-refractivity contribution is -0.164. The van der Waals surface area contributed by atoms with Gasteiger partial charge in [-0.05, 0) is 50.4 Å². The monoisotopic (exact) mass is 452 g/mol. The first-order valence-electron chi connectivity index (χ1n) is 13.7. The maximum absolute atomic E-state index is 12.8. The molecule has 0 aromatic heterocycles. The molecule has 0 aromatic carbocycles. The Morgan fingerprint density at radius 2 is 1.12 bits per heavy atom. The lowest BCUT2D eigenvalue weighted by atomic mass is 9.79. The van der Waals surface area contributed by atoms with Gasteiger partial charge < -0.3 is 9.84 Å². The summed E-state index contributed by atoms with van der Waals surface area (Å²) in [6.07, 6.45) is 18.7. The molecule has 1 saturated carbocycles. The molecule has 0 saturated heterocycles. The van der Waals surface area contributed by atoms with Crippen molar-refractivity contribution in [2.45, 2.75) is 143 Å². The van der Waals surface area contributed by atoms with Gasteiger partial charge >= 0.3 is 11.9 Å². The van der Waals surface area contributed by atoms with Crippen LogP contribution in [0.25, 0.3) is 0 Å². The molecule has 4 nitrogen and oxygen atoms in total. The molecule has 1 aliphatic carbocycles. The van der Waals surface area contributed by atoms with Crippen LogP contribution in [0.15, 0.2) is 0 Å². The first-order valence-corrected chi connectivity index (χ1v) is 13.7. The normalized spacial score (nSPS) is 19.9. The fourth-order valence-electron chi connectivity index (χ4n) is 4.96. The van der Waals surface area contributed by atoms with Crippen molar-refractivity contribution in [2.75, 3.05) is 0 Å². The van der Waals surface area contributed by atoms with Crippen LogP contribution in [-0.2, 0) is 14.3 Å². The van der Waals surface area contributed by atoms with Crippen LogP contribution in [0.1, 0.15) is 137 Å². The summed E-state index contributed by atoms with van der Waals surface area (Å²) in [5.41, 5.74) is 0. The zero-order valence-corrected chi connectivity index (χ0v) is 21.6. The smallest absolute Gasteiger partial charge is 0.310 e. The summed E-state index contributed by atoms with van der Waals surface area (Å²) in [7, 11) is 0. The van der Waals surface area contributed by atoms with E-state index in [-0.39, 0.29) is 12.1 Å². The van der Waals surface area contributed by atoms with Crippen molar-refractivity contribution in [3.05, 3.63) is 0 Å². The first kappa shape index (κ1) is 29.0. The summed E-state index contributed by atoms with van der Waals surface area (Å²) >= 11 is 0. The number of carbonyl (C=O) groups is 2. The molecular formula is C28H52O4. The summed E-state index contributed by atoms with van der Waals surface area (Å²) in [4.78, 5) is 24.4. The van der Waals surface area contributed by atoms with Gasteiger partial charge in [0.1, 0.15) is 6.10 Å². The molecule has 0 bridgehead atoms. The quantitative estimate of drug-likeness (QED) is 0.168. The van der Waals surface area contributed by atoms with Crippen LogP contribution in [-0.4, -0.2) is 23.1 Å². The second kappa shape index (κ2) is 17.4. The number of aliphatic carboxylic acids is 1. The van der Waals surface area contributed by atoms with Crippen LogP contribution in [0.2, 0.25) is 0 Å². The number of hydrogen-bond acceptors (Lipinski definition) is 3. The minimum absolute atomic E-state index is 0.0475. The van der Waals surface area contributed by atoms with E-state index < -0.39 is 17.8 Å². The number of hydrogen-bond donors (Lipinski definition) is 1. The molecule has 0 aromatic rings. The summed E-state index contributed by atoms with van der Waals surface area (Å²) < 4.78 is 5.94. The van der Waals surface area contributed by atoms with E-state index >= 15 is 0 Å². The zero-order chi connectivity index (χ0) is 23.8. The van der Waals surface area contributed by atoms with Crippen molar-refractivity contribution < 1.29 is 19.4 Å². The topological polar surface area (TPSA) is 63.6 Å². The van der Waals surface area contributed by atoms with Gasteiger partial charge in [-0.15, -0.1) is 0 Å². The highest BCUT2D eigenvalue weighted by Gasteiger charge is 2.37. The Morgan fingerprint density at radius 1 is 0.688 bits per heavy atom. The average Bonchev–Trinajstić information content (AvgIpc) is 2.74. The molecule has 1 N–H and O–H groups in total. The van der Waals surface area contributed by atoms with Crippen LogP contribution < -0.4 is 0 Å². The van der Waals surface area contributed by atoms with E-state index in [0.29, 0.717) is 18.8 Å². The van der Waals surface area contributed by atoms with E-state index in [9.17, 15) is 14.7 Å². The number of ether oxygens (including phenoxy) is 1. The van der Waals surface area contributed by atoms with Crippen molar-refractivity contribution in [1.82, 2.24) is 0 Å². The predicted molar refractivity (Wildman–Crippen MR) is 133 cm³/mol. The minimum Gasteiger partial charge on any atom is -0.481 e. The maximum atomic E-state index is 12.8. The van der Waals surface area contributed by atoms with Crippen molar-refractivity contribution >= 4 is 11.9 Å². The first-order chi connectivity index (χ1) is 15.3. The highest BCUT2D eigenvalue weighted by molar-refractivity contribution is 5.81. The van der Waals surface area contributed by atoms with Gasteiger partial charge in [0.15, 0.2) is 0 Å².